The van der Waals surface area contributed by atoms with Gasteiger partial charge < -0.3 is 5.11 Å². The van der Waals surface area contributed by atoms with Crippen molar-refractivity contribution in [2.45, 2.75) is 19.4 Å². The van der Waals surface area contributed by atoms with Gasteiger partial charge in [-0.2, -0.15) is 0 Å². The van der Waals surface area contributed by atoms with Gasteiger partial charge >= 0.3 is 0 Å². The molecule has 2 aromatic carbocycles. The molecule has 0 saturated carbocycles. The Labute approximate surface area is 125 Å². The summed E-state index contributed by atoms with van der Waals surface area (Å²) in [4.78, 5) is 0. The van der Waals surface area contributed by atoms with Gasteiger partial charge in [-0.25, -0.2) is 4.39 Å². The van der Waals surface area contributed by atoms with Crippen molar-refractivity contribution in [3.8, 4) is 0 Å². The molecule has 1 nitrogen and oxygen atoms in total. The summed E-state index contributed by atoms with van der Waals surface area (Å²) in [5.74, 6) is -0.462. The molecule has 0 aliphatic rings. The number of hydrogen-bond donors (Lipinski definition) is 1. The SMILES string of the molecule is Cc1ccc(C(O)Cc2cccc(F)c2Cl)cc1Br. The van der Waals surface area contributed by atoms with Crippen molar-refractivity contribution in [3.63, 3.8) is 0 Å². The summed E-state index contributed by atoms with van der Waals surface area (Å²) in [6.07, 6.45) is -0.428. The van der Waals surface area contributed by atoms with Crippen LogP contribution in [0, 0.1) is 12.7 Å². The molecule has 0 bridgehead atoms. The summed E-state index contributed by atoms with van der Waals surface area (Å²) in [6.45, 7) is 1.98. The lowest BCUT2D eigenvalue weighted by atomic mass is 10.0. The maximum absolute atomic E-state index is 13.3. The minimum Gasteiger partial charge on any atom is -0.388 e. The largest absolute Gasteiger partial charge is 0.388 e. The second kappa shape index (κ2) is 6.04. The first kappa shape index (κ1) is 14.5. The van der Waals surface area contributed by atoms with E-state index in [9.17, 15) is 9.50 Å². The fraction of sp³-hybridized carbons (Fsp3) is 0.200. The van der Waals surface area contributed by atoms with E-state index in [1.807, 2.05) is 25.1 Å². The maximum Gasteiger partial charge on any atom is 0.142 e. The molecule has 0 fully saturated rings. The molecular formula is C15H13BrClFO. The summed E-state index contributed by atoms with van der Waals surface area (Å²) in [5.41, 5.74) is 2.48. The van der Waals surface area contributed by atoms with Crippen molar-refractivity contribution in [2.75, 3.05) is 0 Å². The van der Waals surface area contributed by atoms with E-state index in [0.29, 0.717) is 5.56 Å². The van der Waals surface area contributed by atoms with Gasteiger partial charge in [-0.3, -0.25) is 0 Å². The summed E-state index contributed by atoms with van der Waals surface area (Å²) in [5, 5.41) is 10.3. The van der Waals surface area contributed by atoms with Gasteiger partial charge in [0.15, 0.2) is 0 Å². The van der Waals surface area contributed by atoms with Crippen LogP contribution in [0.1, 0.15) is 22.8 Å². The van der Waals surface area contributed by atoms with E-state index in [0.717, 1.165) is 15.6 Å². The second-order valence-corrected chi connectivity index (χ2v) is 5.67. The van der Waals surface area contributed by atoms with Gasteiger partial charge in [0.25, 0.3) is 0 Å². The van der Waals surface area contributed by atoms with E-state index in [4.69, 9.17) is 11.6 Å². The third-order valence-corrected chi connectivity index (χ3v) is 4.30. The predicted molar refractivity (Wildman–Crippen MR) is 79.0 cm³/mol. The number of aliphatic hydroxyl groups excluding tert-OH is 1. The first-order chi connectivity index (χ1) is 8.99. The number of halogens is 3. The molecule has 4 heteroatoms. The van der Waals surface area contributed by atoms with Gasteiger partial charge in [-0.05, 0) is 35.7 Å². The normalized spacial score (nSPS) is 12.5. The Kier molecular flexibility index (Phi) is 4.61. The highest BCUT2D eigenvalue weighted by Gasteiger charge is 2.13. The Morgan fingerprint density at radius 1 is 1.32 bits per heavy atom. The third kappa shape index (κ3) is 3.35. The van der Waals surface area contributed by atoms with Crippen LogP contribution in [0.5, 0.6) is 0 Å². The smallest absolute Gasteiger partial charge is 0.142 e. The highest BCUT2D eigenvalue weighted by atomic mass is 79.9. The van der Waals surface area contributed by atoms with Crippen LogP contribution in [-0.2, 0) is 6.42 Å². The van der Waals surface area contributed by atoms with E-state index in [1.165, 1.54) is 6.07 Å². The summed E-state index contributed by atoms with van der Waals surface area (Å²) in [6, 6.07) is 10.3. The van der Waals surface area contributed by atoms with Crippen LogP contribution in [0.4, 0.5) is 4.39 Å². The first-order valence-corrected chi connectivity index (χ1v) is 7.03. The van der Waals surface area contributed by atoms with Crippen LogP contribution < -0.4 is 0 Å². The van der Waals surface area contributed by atoms with Crippen LogP contribution in [0.15, 0.2) is 40.9 Å². The summed E-state index contributed by atoms with van der Waals surface area (Å²) < 4.78 is 14.3. The Morgan fingerprint density at radius 2 is 2.05 bits per heavy atom. The zero-order valence-electron chi connectivity index (χ0n) is 10.3. The van der Waals surface area contributed by atoms with Gasteiger partial charge in [0, 0.05) is 10.9 Å². The molecule has 0 amide bonds. The second-order valence-electron chi connectivity index (χ2n) is 4.44. The standard InChI is InChI=1S/C15H13BrClFO/c1-9-5-6-10(7-12(9)16)14(19)8-11-3-2-4-13(18)15(11)17/h2-7,14,19H,8H2,1H3. The lowest BCUT2D eigenvalue weighted by Crippen LogP contribution is -2.03. The number of rotatable bonds is 3. The molecule has 0 heterocycles. The van der Waals surface area contributed by atoms with E-state index in [-0.39, 0.29) is 11.4 Å². The van der Waals surface area contributed by atoms with E-state index >= 15 is 0 Å². The zero-order valence-corrected chi connectivity index (χ0v) is 12.7. The minimum atomic E-state index is -0.712. The number of benzene rings is 2. The maximum atomic E-state index is 13.3. The number of hydrogen-bond acceptors (Lipinski definition) is 1. The Balaban J connectivity index is 2.23. The molecule has 100 valence electrons. The Bertz CT molecular complexity index is 601. The molecule has 0 radical (unpaired) electrons. The summed E-state index contributed by atoms with van der Waals surface area (Å²) in [7, 11) is 0. The topological polar surface area (TPSA) is 20.2 Å². The van der Waals surface area contributed by atoms with Gasteiger partial charge in [0.05, 0.1) is 11.1 Å². The van der Waals surface area contributed by atoms with Crippen LogP contribution in [0.2, 0.25) is 5.02 Å². The quantitative estimate of drug-likeness (QED) is 0.846. The molecule has 2 aromatic rings. The van der Waals surface area contributed by atoms with Crippen molar-refractivity contribution >= 4 is 27.5 Å². The highest BCUT2D eigenvalue weighted by Crippen LogP contribution is 2.27. The van der Waals surface area contributed by atoms with Crippen LogP contribution in [0.25, 0.3) is 0 Å². The van der Waals surface area contributed by atoms with Crippen molar-refractivity contribution in [1.82, 2.24) is 0 Å². The molecule has 1 N–H and O–H groups in total. The van der Waals surface area contributed by atoms with Gasteiger partial charge in [-0.1, -0.05) is 51.8 Å². The van der Waals surface area contributed by atoms with Crippen molar-refractivity contribution in [3.05, 3.63) is 68.4 Å². The number of aliphatic hydroxyl groups is 1. The molecule has 19 heavy (non-hydrogen) atoms. The van der Waals surface area contributed by atoms with Crippen LogP contribution in [-0.4, -0.2) is 5.11 Å². The average molecular weight is 344 g/mol. The van der Waals surface area contributed by atoms with Crippen molar-refractivity contribution < 1.29 is 9.50 Å². The molecule has 0 saturated heterocycles. The Morgan fingerprint density at radius 3 is 2.74 bits per heavy atom. The van der Waals surface area contributed by atoms with Crippen molar-refractivity contribution in [1.29, 1.82) is 0 Å². The predicted octanol–water partition coefficient (Wildman–Crippen LogP) is 4.83. The van der Waals surface area contributed by atoms with Gasteiger partial charge in [0.2, 0.25) is 0 Å². The molecule has 0 aliphatic carbocycles. The van der Waals surface area contributed by atoms with Gasteiger partial charge in [-0.15, -0.1) is 0 Å². The molecule has 0 aliphatic heterocycles. The molecule has 0 aromatic heterocycles. The first-order valence-electron chi connectivity index (χ1n) is 5.86. The average Bonchev–Trinajstić information content (AvgIpc) is 2.38. The van der Waals surface area contributed by atoms with E-state index in [2.05, 4.69) is 15.9 Å². The highest BCUT2D eigenvalue weighted by molar-refractivity contribution is 9.10. The Hall–Kier alpha value is -0.900. The van der Waals surface area contributed by atoms with Crippen LogP contribution in [0.3, 0.4) is 0 Å². The van der Waals surface area contributed by atoms with E-state index < -0.39 is 11.9 Å². The van der Waals surface area contributed by atoms with Crippen LogP contribution >= 0.6 is 27.5 Å². The van der Waals surface area contributed by atoms with Crippen molar-refractivity contribution in [2.24, 2.45) is 0 Å². The molecular weight excluding hydrogens is 331 g/mol. The lowest BCUT2D eigenvalue weighted by molar-refractivity contribution is 0.178. The lowest BCUT2D eigenvalue weighted by Gasteiger charge is -2.13. The molecule has 1 atom stereocenters. The number of aryl methyl sites for hydroxylation is 1. The monoisotopic (exact) mass is 342 g/mol. The molecule has 2 rings (SSSR count). The zero-order chi connectivity index (χ0) is 14.0. The summed E-state index contributed by atoms with van der Waals surface area (Å²) >= 11 is 9.31. The fourth-order valence-electron chi connectivity index (χ4n) is 1.85. The molecule has 1 unspecified atom stereocenters. The fourth-order valence-corrected chi connectivity index (χ4v) is 2.45. The third-order valence-electron chi connectivity index (χ3n) is 3.03. The van der Waals surface area contributed by atoms with E-state index in [1.54, 1.807) is 12.1 Å². The minimum absolute atomic E-state index is 0.0766. The van der Waals surface area contributed by atoms with Gasteiger partial charge in [0.1, 0.15) is 5.82 Å². The molecule has 0 spiro atoms.